The fraction of sp³-hybridized carbons (Fsp3) is 0.625. The number of aliphatic hydroxyl groups excluding tert-OH is 1. The molecule has 1 aromatic rings. The van der Waals surface area contributed by atoms with Crippen molar-refractivity contribution in [3.05, 3.63) is 35.4 Å². The lowest BCUT2D eigenvalue weighted by Crippen LogP contribution is -2.33. The van der Waals surface area contributed by atoms with Gasteiger partial charge >= 0.3 is 0 Å². The normalized spacial score (nSPS) is 18.9. The van der Waals surface area contributed by atoms with E-state index in [1.165, 1.54) is 24.8 Å². The van der Waals surface area contributed by atoms with Crippen molar-refractivity contribution in [3.63, 3.8) is 0 Å². The minimum Gasteiger partial charge on any atom is -0.395 e. The molecule has 0 saturated carbocycles. The van der Waals surface area contributed by atoms with Crippen molar-refractivity contribution in [1.82, 2.24) is 4.90 Å². The number of hydrogen-bond donors (Lipinski definition) is 1. The number of fused-ring (bicyclic) bond motifs is 1. The Balaban J connectivity index is 2.05. The molecule has 18 heavy (non-hydrogen) atoms. The number of rotatable bonds is 6. The lowest BCUT2D eigenvalue weighted by atomic mass is 9.82. The molecule has 2 rings (SSSR count). The van der Waals surface area contributed by atoms with Crippen LogP contribution in [-0.2, 0) is 6.42 Å². The summed E-state index contributed by atoms with van der Waals surface area (Å²) in [4.78, 5) is 2.41. The van der Waals surface area contributed by atoms with Gasteiger partial charge in [0.2, 0.25) is 0 Å². The summed E-state index contributed by atoms with van der Waals surface area (Å²) >= 11 is 0. The molecule has 1 aliphatic carbocycles. The maximum atomic E-state index is 9.15. The van der Waals surface area contributed by atoms with E-state index in [2.05, 4.69) is 36.1 Å². The lowest BCUT2D eigenvalue weighted by Gasteiger charge is -2.31. The first kappa shape index (κ1) is 13.6. The van der Waals surface area contributed by atoms with E-state index < -0.39 is 0 Å². The Morgan fingerprint density at radius 2 is 2.11 bits per heavy atom. The van der Waals surface area contributed by atoms with Gasteiger partial charge in [-0.1, -0.05) is 31.2 Å². The molecule has 0 aliphatic heterocycles. The third-order valence-corrected chi connectivity index (χ3v) is 3.93. The average Bonchev–Trinajstić information content (AvgIpc) is 2.40. The molecule has 1 unspecified atom stereocenters. The molecule has 0 bridgehead atoms. The summed E-state index contributed by atoms with van der Waals surface area (Å²) in [5.74, 6) is 0.660. The zero-order valence-corrected chi connectivity index (χ0v) is 11.4. The van der Waals surface area contributed by atoms with Crippen LogP contribution in [-0.4, -0.2) is 36.2 Å². The first-order valence-electron chi connectivity index (χ1n) is 7.26. The fourth-order valence-electron chi connectivity index (χ4n) is 3.11. The van der Waals surface area contributed by atoms with Crippen molar-refractivity contribution >= 4 is 0 Å². The Morgan fingerprint density at radius 1 is 1.28 bits per heavy atom. The van der Waals surface area contributed by atoms with Gasteiger partial charge in [-0.25, -0.2) is 0 Å². The Bertz CT molecular complexity index is 358. The molecule has 1 N–H and O–H groups in total. The monoisotopic (exact) mass is 247 g/mol. The van der Waals surface area contributed by atoms with E-state index in [1.54, 1.807) is 5.56 Å². The van der Waals surface area contributed by atoms with Gasteiger partial charge in [-0.2, -0.15) is 0 Å². The average molecular weight is 247 g/mol. The van der Waals surface area contributed by atoms with E-state index in [9.17, 15) is 0 Å². The second kappa shape index (κ2) is 6.91. The predicted octanol–water partition coefficient (Wildman–Crippen LogP) is 2.81. The summed E-state index contributed by atoms with van der Waals surface area (Å²) in [6.45, 7) is 5.49. The van der Waals surface area contributed by atoms with Gasteiger partial charge in [-0.3, -0.25) is 0 Å². The minimum absolute atomic E-state index is 0.272. The molecule has 0 aromatic heterocycles. The molecule has 0 heterocycles. The van der Waals surface area contributed by atoms with Gasteiger partial charge in [0.15, 0.2) is 0 Å². The Morgan fingerprint density at radius 3 is 2.89 bits per heavy atom. The third kappa shape index (κ3) is 3.33. The Hall–Kier alpha value is -0.860. The molecule has 1 aromatic carbocycles. The summed E-state index contributed by atoms with van der Waals surface area (Å²) in [6.07, 6.45) is 5.00. The van der Waals surface area contributed by atoms with Gasteiger partial charge in [0.1, 0.15) is 0 Å². The molecule has 2 nitrogen and oxygen atoms in total. The van der Waals surface area contributed by atoms with Crippen molar-refractivity contribution in [2.75, 3.05) is 26.2 Å². The van der Waals surface area contributed by atoms with E-state index in [4.69, 9.17) is 5.11 Å². The predicted molar refractivity (Wildman–Crippen MR) is 75.9 cm³/mol. The number of nitrogens with zero attached hydrogens (tertiary/aromatic N) is 1. The molecule has 2 heteroatoms. The van der Waals surface area contributed by atoms with Crippen LogP contribution >= 0.6 is 0 Å². The number of aryl methyl sites for hydroxylation is 1. The van der Waals surface area contributed by atoms with Gasteiger partial charge in [-0.05, 0) is 49.3 Å². The highest BCUT2D eigenvalue weighted by atomic mass is 16.3. The highest BCUT2D eigenvalue weighted by Crippen LogP contribution is 2.31. The van der Waals surface area contributed by atoms with Gasteiger partial charge < -0.3 is 10.0 Å². The molecular weight excluding hydrogens is 222 g/mol. The number of aliphatic hydroxyl groups is 1. The molecule has 0 fully saturated rings. The van der Waals surface area contributed by atoms with Gasteiger partial charge in [0.05, 0.1) is 6.61 Å². The van der Waals surface area contributed by atoms with Crippen LogP contribution < -0.4 is 0 Å². The quantitative estimate of drug-likeness (QED) is 0.835. The zero-order valence-electron chi connectivity index (χ0n) is 11.4. The molecule has 100 valence electrons. The summed E-state index contributed by atoms with van der Waals surface area (Å²) in [5.41, 5.74) is 3.08. The van der Waals surface area contributed by atoms with Crippen LogP contribution in [0.15, 0.2) is 24.3 Å². The van der Waals surface area contributed by atoms with E-state index in [0.717, 1.165) is 26.1 Å². The van der Waals surface area contributed by atoms with E-state index >= 15 is 0 Å². The summed E-state index contributed by atoms with van der Waals surface area (Å²) < 4.78 is 0. The van der Waals surface area contributed by atoms with Crippen LogP contribution in [0, 0.1) is 0 Å². The SMILES string of the molecule is CCCN(CCO)CC1CCCc2ccccc21. The maximum absolute atomic E-state index is 9.15. The maximum Gasteiger partial charge on any atom is 0.0558 e. The van der Waals surface area contributed by atoms with Crippen LogP contribution in [0.4, 0.5) is 0 Å². The van der Waals surface area contributed by atoms with Crippen molar-refractivity contribution in [1.29, 1.82) is 0 Å². The molecule has 1 aliphatic rings. The van der Waals surface area contributed by atoms with Crippen molar-refractivity contribution < 1.29 is 5.11 Å². The standard InChI is InChI=1S/C16H25NO/c1-2-10-17(11-12-18)13-15-8-5-7-14-6-3-4-9-16(14)15/h3-4,6,9,15,18H,2,5,7-8,10-13H2,1H3. The second-order valence-corrected chi connectivity index (χ2v) is 5.31. The second-order valence-electron chi connectivity index (χ2n) is 5.31. The molecule has 0 amide bonds. The van der Waals surface area contributed by atoms with E-state index in [0.29, 0.717) is 5.92 Å². The largest absolute Gasteiger partial charge is 0.395 e. The third-order valence-electron chi connectivity index (χ3n) is 3.93. The molecule has 1 atom stereocenters. The van der Waals surface area contributed by atoms with Gasteiger partial charge in [-0.15, -0.1) is 0 Å². The summed E-state index contributed by atoms with van der Waals surface area (Å²) in [7, 11) is 0. The number of hydrogen-bond acceptors (Lipinski definition) is 2. The van der Waals surface area contributed by atoms with Crippen LogP contribution in [0.5, 0.6) is 0 Å². The first-order valence-corrected chi connectivity index (χ1v) is 7.26. The summed E-state index contributed by atoms with van der Waals surface area (Å²) in [6, 6.07) is 8.88. The highest BCUT2D eigenvalue weighted by molar-refractivity contribution is 5.32. The lowest BCUT2D eigenvalue weighted by molar-refractivity contribution is 0.184. The minimum atomic E-state index is 0.272. The van der Waals surface area contributed by atoms with E-state index in [-0.39, 0.29) is 6.61 Å². The van der Waals surface area contributed by atoms with Crippen molar-refractivity contribution in [3.8, 4) is 0 Å². The Labute approximate surface area is 111 Å². The van der Waals surface area contributed by atoms with Crippen LogP contribution in [0.1, 0.15) is 43.2 Å². The highest BCUT2D eigenvalue weighted by Gasteiger charge is 2.21. The van der Waals surface area contributed by atoms with Crippen LogP contribution in [0.2, 0.25) is 0 Å². The first-order chi connectivity index (χ1) is 8.85. The van der Waals surface area contributed by atoms with Gasteiger partial charge in [0.25, 0.3) is 0 Å². The summed E-state index contributed by atoms with van der Waals surface area (Å²) in [5, 5.41) is 9.15. The smallest absolute Gasteiger partial charge is 0.0558 e. The van der Waals surface area contributed by atoms with Crippen molar-refractivity contribution in [2.45, 2.75) is 38.5 Å². The molecule has 0 spiro atoms. The van der Waals surface area contributed by atoms with Crippen molar-refractivity contribution in [2.24, 2.45) is 0 Å². The number of benzene rings is 1. The topological polar surface area (TPSA) is 23.5 Å². The Kier molecular flexibility index (Phi) is 5.21. The van der Waals surface area contributed by atoms with Crippen LogP contribution in [0.25, 0.3) is 0 Å². The van der Waals surface area contributed by atoms with Crippen LogP contribution in [0.3, 0.4) is 0 Å². The molecule has 0 saturated heterocycles. The fourth-order valence-corrected chi connectivity index (χ4v) is 3.11. The van der Waals surface area contributed by atoms with Gasteiger partial charge in [0, 0.05) is 13.1 Å². The molecule has 0 radical (unpaired) electrons. The molecular formula is C16H25NO. The zero-order chi connectivity index (χ0) is 12.8. The van der Waals surface area contributed by atoms with E-state index in [1.807, 2.05) is 0 Å².